The van der Waals surface area contributed by atoms with E-state index in [1.54, 1.807) is 25.2 Å². The summed E-state index contributed by atoms with van der Waals surface area (Å²) in [7, 11) is -0.865. The van der Waals surface area contributed by atoms with E-state index >= 15 is 0 Å². The zero-order chi connectivity index (χ0) is 21.7. The van der Waals surface area contributed by atoms with Gasteiger partial charge < -0.3 is 4.52 Å². The summed E-state index contributed by atoms with van der Waals surface area (Å²) in [4.78, 5) is 13.4. The molecule has 1 aromatic carbocycles. The fourth-order valence-corrected chi connectivity index (χ4v) is 9.37. The maximum atomic E-state index is 13.3. The summed E-state index contributed by atoms with van der Waals surface area (Å²) in [5, 5.41) is 0. The molecule has 1 aliphatic rings. The molecule has 0 aromatic heterocycles. The number of carbonyl (C=O) groups is 1. The van der Waals surface area contributed by atoms with Gasteiger partial charge in [0, 0.05) is 20.0 Å². The number of hydrogen-bond donors (Lipinski definition) is 0. The molecule has 29 heavy (non-hydrogen) atoms. The summed E-state index contributed by atoms with van der Waals surface area (Å²) in [5.41, 5.74) is 0. The molecule has 1 aliphatic carbocycles. The maximum Gasteiger partial charge on any atom is 0.249 e. The highest BCUT2D eigenvalue weighted by Gasteiger charge is 2.42. The molecule has 0 aliphatic heterocycles. The molecule has 2 unspecified atom stereocenters. The number of benzene rings is 1. The zero-order valence-electron chi connectivity index (χ0n) is 17.8. The van der Waals surface area contributed by atoms with Crippen LogP contribution < -0.4 is 0 Å². The fraction of sp³-hybridized carbons (Fsp3) is 0.650. The second kappa shape index (κ2) is 10.5. The van der Waals surface area contributed by atoms with Gasteiger partial charge in [0.15, 0.2) is 0 Å². The molecule has 0 bridgehead atoms. The zero-order valence-corrected chi connectivity index (χ0v) is 20.3. The minimum atomic E-state index is -3.91. The van der Waals surface area contributed by atoms with Gasteiger partial charge in [0.1, 0.15) is 0 Å². The number of carbonyl (C=O) groups excluding carboxylic acids is 1. The minimum absolute atomic E-state index is 0.105. The Morgan fingerprint density at radius 3 is 2.34 bits per heavy atom. The van der Waals surface area contributed by atoms with Gasteiger partial charge >= 0.3 is 0 Å². The molecule has 0 spiro atoms. The lowest BCUT2D eigenvalue weighted by Crippen LogP contribution is -2.39. The first-order valence-electron chi connectivity index (χ1n) is 10.3. The van der Waals surface area contributed by atoms with Crippen LogP contribution in [0.1, 0.15) is 58.8 Å². The lowest BCUT2D eigenvalue weighted by Gasteiger charge is -2.40. The topological polar surface area (TPSA) is 66.9 Å². The van der Waals surface area contributed by atoms with Crippen LogP contribution in [-0.4, -0.2) is 43.3 Å². The predicted octanol–water partition coefficient (Wildman–Crippen LogP) is 4.78. The van der Waals surface area contributed by atoms with Crippen LogP contribution >= 0.6 is 6.57 Å². The van der Waals surface area contributed by atoms with Crippen molar-refractivity contribution in [1.82, 2.24) is 8.75 Å². The van der Waals surface area contributed by atoms with Crippen LogP contribution in [-0.2, 0) is 31.1 Å². The van der Waals surface area contributed by atoms with Crippen molar-refractivity contribution >= 4 is 34.3 Å². The molecule has 1 amide bonds. The van der Waals surface area contributed by atoms with Gasteiger partial charge in [-0.15, -0.1) is 4.08 Å². The van der Waals surface area contributed by atoms with E-state index in [1.807, 2.05) is 13.8 Å². The van der Waals surface area contributed by atoms with Crippen molar-refractivity contribution < 1.29 is 17.7 Å². The van der Waals surface area contributed by atoms with Gasteiger partial charge in [0.25, 0.3) is 0 Å². The van der Waals surface area contributed by atoms with Crippen LogP contribution in [0.15, 0.2) is 35.2 Å². The summed E-state index contributed by atoms with van der Waals surface area (Å²) < 4.78 is 35.3. The van der Waals surface area contributed by atoms with Gasteiger partial charge in [0.05, 0.1) is 11.0 Å². The van der Waals surface area contributed by atoms with Crippen molar-refractivity contribution in [2.75, 3.05) is 14.1 Å². The molecule has 0 saturated heterocycles. The highest BCUT2D eigenvalue weighted by Crippen LogP contribution is 2.57. The first kappa shape index (κ1) is 24.5. The molecule has 2 atom stereocenters. The van der Waals surface area contributed by atoms with E-state index in [1.165, 1.54) is 23.9 Å². The van der Waals surface area contributed by atoms with Gasteiger partial charge in [-0.05, 0) is 50.1 Å². The number of rotatable bonds is 9. The van der Waals surface area contributed by atoms with Crippen LogP contribution in [0.25, 0.3) is 0 Å². The highest BCUT2D eigenvalue weighted by atomic mass is 32.5. The second-order valence-electron chi connectivity index (χ2n) is 7.64. The Balaban J connectivity index is 2.41. The molecular formula is C20H33N2O4PS2. The Labute approximate surface area is 180 Å². The van der Waals surface area contributed by atoms with Crippen LogP contribution in [0, 0.1) is 5.92 Å². The van der Waals surface area contributed by atoms with Crippen molar-refractivity contribution in [2.24, 2.45) is 5.92 Å². The molecule has 1 saturated carbocycles. The first-order chi connectivity index (χ1) is 13.6. The lowest BCUT2D eigenvalue weighted by molar-refractivity contribution is -0.131. The van der Waals surface area contributed by atoms with Crippen LogP contribution in [0.2, 0.25) is 0 Å². The monoisotopic (exact) mass is 460 g/mol. The summed E-state index contributed by atoms with van der Waals surface area (Å²) in [5.74, 6) is -0.221. The molecule has 0 radical (unpaired) electrons. The van der Waals surface area contributed by atoms with Gasteiger partial charge in [-0.1, -0.05) is 50.8 Å². The van der Waals surface area contributed by atoms with Crippen molar-refractivity contribution in [3.8, 4) is 0 Å². The Bertz CT molecular complexity index is 826. The summed E-state index contributed by atoms with van der Waals surface area (Å²) >= 11 is 5.87. The van der Waals surface area contributed by atoms with E-state index in [4.69, 9.17) is 16.3 Å². The van der Waals surface area contributed by atoms with Crippen LogP contribution in [0.4, 0.5) is 0 Å². The number of sulfonamides is 1. The minimum Gasteiger partial charge on any atom is -0.319 e. The molecular weight excluding hydrogens is 427 g/mol. The van der Waals surface area contributed by atoms with E-state index in [9.17, 15) is 13.2 Å². The molecule has 164 valence electrons. The second-order valence-corrected chi connectivity index (χ2v) is 13.7. The van der Waals surface area contributed by atoms with Gasteiger partial charge in [-0.2, -0.15) is 0 Å². The molecule has 1 aromatic rings. The predicted molar refractivity (Wildman–Crippen MR) is 120 cm³/mol. The molecule has 0 heterocycles. The smallest absolute Gasteiger partial charge is 0.249 e. The third kappa shape index (κ3) is 5.67. The summed E-state index contributed by atoms with van der Waals surface area (Å²) in [6.45, 7) is 0.579. The Kier molecular flexibility index (Phi) is 8.86. The fourth-order valence-electron chi connectivity index (χ4n) is 3.64. The third-order valence-electron chi connectivity index (χ3n) is 5.41. The van der Waals surface area contributed by atoms with E-state index in [0.29, 0.717) is 0 Å². The standard InChI is InChI=1S/C20H33N2O4PS2/c1-5-12-17(2)26-27(28,21(3)20(23)18-13-8-6-9-14-18)22(4)29(24,25)19-15-10-7-11-16-19/h7,10-11,15-18H,5-6,8-9,12-14H2,1-4H3. The molecule has 2 rings (SSSR count). The van der Waals surface area contributed by atoms with Crippen LogP contribution in [0.3, 0.4) is 0 Å². The van der Waals surface area contributed by atoms with Crippen molar-refractivity contribution in [1.29, 1.82) is 0 Å². The summed E-state index contributed by atoms with van der Waals surface area (Å²) in [6, 6.07) is 8.16. The molecule has 0 N–H and O–H groups in total. The lowest BCUT2D eigenvalue weighted by atomic mass is 9.89. The highest BCUT2D eigenvalue weighted by molar-refractivity contribution is 8.14. The molecule has 6 nitrogen and oxygen atoms in total. The quantitative estimate of drug-likeness (QED) is 0.497. The van der Waals surface area contributed by atoms with E-state index in [2.05, 4.69) is 0 Å². The van der Waals surface area contributed by atoms with Gasteiger partial charge in [-0.25, -0.2) is 8.42 Å². The van der Waals surface area contributed by atoms with E-state index in [0.717, 1.165) is 49.0 Å². The Morgan fingerprint density at radius 1 is 1.21 bits per heavy atom. The Morgan fingerprint density at radius 2 is 1.79 bits per heavy atom. The average Bonchev–Trinajstić information content (AvgIpc) is 2.73. The number of amides is 1. The van der Waals surface area contributed by atoms with E-state index in [-0.39, 0.29) is 22.8 Å². The number of nitrogens with zero attached hydrogens (tertiary/aromatic N) is 2. The molecule has 1 fully saturated rings. The summed E-state index contributed by atoms with van der Waals surface area (Å²) in [6.07, 6.45) is 6.16. The largest absolute Gasteiger partial charge is 0.319 e. The number of hydrogen-bond acceptors (Lipinski definition) is 5. The van der Waals surface area contributed by atoms with Crippen molar-refractivity contribution in [3.05, 3.63) is 30.3 Å². The SMILES string of the molecule is CCCC(C)OP(=S)(N(C)C(=O)C1CCCCC1)N(C)S(=O)(=O)c1ccccc1. The van der Waals surface area contributed by atoms with Crippen molar-refractivity contribution in [2.45, 2.75) is 69.8 Å². The normalized spacial score (nSPS) is 18.9. The van der Waals surface area contributed by atoms with E-state index < -0.39 is 16.6 Å². The maximum absolute atomic E-state index is 13.3. The van der Waals surface area contributed by atoms with Gasteiger partial charge in [-0.3, -0.25) is 9.46 Å². The third-order valence-corrected chi connectivity index (χ3v) is 12.6. The van der Waals surface area contributed by atoms with Crippen molar-refractivity contribution in [3.63, 3.8) is 0 Å². The van der Waals surface area contributed by atoms with Crippen LogP contribution in [0.5, 0.6) is 0 Å². The molecule has 9 heteroatoms. The van der Waals surface area contributed by atoms with Gasteiger partial charge in [0.2, 0.25) is 22.5 Å². The average molecular weight is 461 g/mol. The first-order valence-corrected chi connectivity index (χ1v) is 14.3. The Hall–Kier alpha value is -0.790.